The number of likely N-dealkylation sites (tertiary alicyclic amines) is 1. The van der Waals surface area contributed by atoms with Crippen LogP contribution in [0.5, 0.6) is 0 Å². The Morgan fingerprint density at radius 3 is 2.08 bits per heavy atom. The van der Waals surface area contributed by atoms with Crippen molar-refractivity contribution in [2.24, 2.45) is 5.41 Å². The average Bonchev–Trinajstić information content (AvgIpc) is 2.91. The number of nitrogens with one attached hydrogen (secondary N) is 1. The lowest BCUT2D eigenvalue weighted by molar-refractivity contribution is -0.140. The predicted octanol–water partition coefficient (Wildman–Crippen LogP) is 5.14. The summed E-state index contributed by atoms with van der Waals surface area (Å²) >= 11 is 0. The van der Waals surface area contributed by atoms with Gasteiger partial charge >= 0.3 is 0 Å². The Kier molecular flexibility index (Phi) is 8.52. The molecule has 4 nitrogen and oxygen atoms in total. The molecule has 1 heterocycles. The first-order valence-electron chi connectivity index (χ1n) is 12.9. The summed E-state index contributed by atoms with van der Waals surface area (Å²) in [5.41, 5.74) is 3.91. The van der Waals surface area contributed by atoms with E-state index in [1.807, 2.05) is 23.1 Å². The van der Waals surface area contributed by atoms with E-state index in [1.54, 1.807) is 12.1 Å². The van der Waals surface area contributed by atoms with Crippen LogP contribution in [0.4, 0.5) is 4.39 Å². The van der Waals surface area contributed by atoms with Crippen molar-refractivity contribution in [3.8, 4) is 0 Å². The van der Waals surface area contributed by atoms with Crippen molar-refractivity contribution in [2.75, 3.05) is 19.6 Å². The van der Waals surface area contributed by atoms with Gasteiger partial charge in [0.25, 0.3) is 0 Å². The summed E-state index contributed by atoms with van der Waals surface area (Å²) in [5.74, 6) is -0.216. The number of piperidine rings is 1. The van der Waals surface area contributed by atoms with Crippen LogP contribution in [0.25, 0.3) is 0 Å². The second-order valence-corrected chi connectivity index (χ2v) is 9.80. The van der Waals surface area contributed by atoms with Crippen LogP contribution in [0, 0.1) is 11.2 Å². The van der Waals surface area contributed by atoms with Crippen molar-refractivity contribution >= 4 is 11.8 Å². The molecule has 2 amide bonds. The van der Waals surface area contributed by atoms with Crippen LogP contribution in [0.1, 0.15) is 42.0 Å². The Morgan fingerprint density at radius 1 is 0.833 bits per heavy atom. The first-order valence-corrected chi connectivity index (χ1v) is 12.9. The number of rotatable bonds is 9. The molecule has 1 aliphatic rings. The first-order chi connectivity index (χ1) is 17.5. The van der Waals surface area contributed by atoms with Gasteiger partial charge in [0.1, 0.15) is 5.82 Å². The fourth-order valence-corrected chi connectivity index (χ4v) is 4.99. The highest BCUT2D eigenvalue weighted by Gasteiger charge is 2.42. The van der Waals surface area contributed by atoms with Crippen LogP contribution < -0.4 is 5.32 Å². The maximum absolute atomic E-state index is 13.6. The van der Waals surface area contributed by atoms with E-state index in [2.05, 4.69) is 48.6 Å². The number of hydrogen-bond acceptors (Lipinski definition) is 2. The molecule has 1 N–H and O–H groups in total. The number of amides is 2. The molecule has 0 unspecified atom stereocenters. The number of carbonyl (C=O) groups is 2. The summed E-state index contributed by atoms with van der Waals surface area (Å²) in [6.45, 7) is 3.81. The van der Waals surface area contributed by atoms with E-state index in [0.29, 0.717) is 38.9 Å². The second-order valence-electron chi connectivity index (χ2n) is 9.80. The van der Waals surface area contributed by atoms with E-state index in [9.17, 15) is 14.0 Å². The van der Waals surface area contributed by atoms with Crippen molar-refractivity contribution in [3.63, 3.8) is 0 Å². The highest BCUT2D eigenvalue weighted by molar-refractivity contribution is 5.84. The van der Waals surface area contributed by atoms with Gasteiger partial charge in [-0.2, -0.15) is 0 Å². The molecule has 3 aromatic carbocycles. The minimum atomic E-state index is -0.542. The van der Waals surface area contributed by atoms with E-state index in [4.69, 9.17) is 0 Å². The van der Waals surface area contributed by atoms with Crippen LogP contribution in [-0.2, 0) is 35.3 Å². The lowest BCUT2D eigenvalue weighted by atomic mass is 9.72. The number of aryl methyl sites for hydroxylation is 1. The fourth-order valence-electron chi connectivity index (χ4n) is 4.99. The lowest BCUT2D eigenvalue weighted by Gasteiger charge is -2.41. The van der Waals surface area contributed by atoms with Crippen molar-refractivity contribution < 1.29 is 14.0 Å². The molecule has 0 spiro atoms. The number of nitrogens with zero attached hydrogens (tertiary/aromatic N) is 1. The zero-order valence-corrected chi connectivity index (χ0v) is 21.0. The van der Waals surface area contributed by atoms with Gasteiger partial charge in [-0.25, -0.2) is 4.39 Å². The Bertz CT molecular complexity index is 1140. The molecule has 4 rings (SSSR count). The van der Waals surface area contributed by atoms with Gasteiger partial charge in [0, 0.05) is 19.6 Å². The molecule has 0 atom stereocenters. The molecule has 1 saturated heterocycles. The summed E-state index contributed by atoms with van der Waals surface area (Å²) in [4.78, 5) is 28.3. The Hall–Kier alpha value is -3.47. The Balaban J connectivity index is 1.39. The van der Waals surface area contributed by atoms with Gasteiger partial charge in [0.2, 0.25) is 11.8 Å². The highest BCUT2D eigenvalue weighted by atomic mass is 19.1. The molecule has 3 aromatic rings. The van der Waals surface area contributed by atoms with Gasteiger partial charge in [-0.3, -0.25) is 9.59 Å². The molecule has 36 heavy (non-hydrogen) atoms. The van der Waals surface area contributed by atoms with Gasteiger partial charge in [-0.1, -0.05) is 73.7 Å². The smallest absolute Gasteiger partial charge is 0.226 e. The minimum Gasteiger partial charge on any atom is -0.355 e. The molecular formula is C31H35FN2O2. The maximum atomic E-state index is 13.6. The monoisotopic (exact) mass is 486 g/mol. The van der Waals surface area contributed by atoms with Crippen molar-refractivity contribution in [1.82, 2.24) is 10.2 Å². The molecule has 5 heteroatoms. The minimum absolute atomic E-state index is 0.0193. The quantitative estimate of drug-likeness (QED) is 0.455. The summed E-state index contributed by atoms with van der Waals surface area (Å²) in [6, 6.07) is 24.7. The molecular weight excluding hydrogens is 451 g/mol. The van der Waals surface area contributed by atoms with E-state index in [0.717, 1.165) is 24.0 Å². The number of carbonyl (C=O) groups excluding carboxylic acids is 2. The predicted molar refractivity (Wildman–Crippen MR) is 141 cm³/mol. The summed E-state index contributed by atoms with van der Waals surface area (Å²) in [7, 11) is 0. The van der Waals surface area contributed by atoms with E-state index in [-0.39, 0.29) is 24.1 Å². The molecule has 0 radical (unpaired) electrons. The lowest BCUT2D eigenvalue weighted by Crippen LogP contribution is -2.51. The average molecular weight is 487 g/mol. The molecule has 188 valence electrons. The zero-order valence-electron chi connectivity index (χ0n) is 21.0. The summed E-state index contributed by atoms with van der Waals surface area (Å²) in [6.07, 6.45) is 3.95. The third-order valence-electron chi connectivity index (χ3n) is 7.34. The van der Waals surface area contributed by atoms with E-state index >= 15 is 0 Å². The van der Waals surface area contributed by atoms with Crippen LogP contribution >= 0.6 is 0 Å². The van der Waals surface area contributed by atoms with Crippen LogP contribution in [-0.4, -0.2) is 36.3 Å². The number of benzene rings is 3. The standard InChI is InChI=1S/C31H35FN2O2/c1-2-24-8-10-25(11-9-24)16-19-33-30(36)31(23-27-6-4-3-5-7-27)17-20-34(21-18-31)29(35)22-26-12-14-28(32)15-13-26/h3-15H,2,16-23H2,1H3,(H,33,36). The van der Waals surface area contributed by atoms with Crippen LogP contribution in [0.2, 0.25) is 0 Å². The van der Waals surface area contributed by atoms with Crippen molar-refractivity contribution in [2.45, 2.75) is 45.4 Å². The van der Waals surface area contributed by atoms with Gasteiger partial charge in [0.15, 0.2) is 0 Å². The highest BCUT2D eigenvalue weighted by Crippen LogP contribution is 2.36. The van der Waals surface area contributed by atoms with Crippen molar-refractivity contribution in [1.29, 1.82) is 0 Å². The third kappa shape index (κ3) is 6.60. The van der Waals surface area contributed by atoms with Crippen LogP contribution in [0.15, 0.2) is 78.9 Å². The summed E-state index contributed by atoms with van der Waals surface area (Å²) < 4.78 is 13.2. The molecule has 0 saturated carbocycles. The Morgan fingerprint density at radius 2 is 1.44 bits per heavy atom. The fraction of sp³-hybridized carbons (Fsp3) is 0.355. The normalized spacial score (nSPS) is 14.9. The Labute approximate surface area is 213 Å². The topological polar surface area (TPSA) is 49.4 Å². The number of hydrogen-bond donors (Lipinski definition) is 1. The summed E-state index contributed by atoms with van der Waals surface area (Å²) in [5, 5.41) is 3.20. The van der Waals surface area contributed by atoms with Gasteiger partial charge in [0.05, 0.1) is 11.8 Å². The van der Waals surface area contributed by atoms with E-state index in [1.165, 1.54) is 23.3 Å². The molecule has 1 fully saturated rings. The molecule has 0 bridgehead atoms. The second kappa shape index (κ2) is 12.0. The molecule has 0 aliphatic carbocycles. The molecule has 1 aliphatic heterocycles. The van der Waals surface area contributed by atoms with E-state index < -0.39 is 5.41 Å². The van der Waals surface area contributed by atoms with Crippen molar-refractivity contribution in [3.05, 3.63) is 107 Å². The maximum Gasteiger partial charge on any atom is 0.226 e. The zero-order chi connectivity index (χ0) is 25.4. The van der Waals surface area contributed by atoms with Gasteiger partial charge in [-0.15, -0.1) is 0 Å². The molecule has 0 aromatic heterocycles. The largest absolute Gasteiger partial charge is 0.355 e. The number of halogens is 1. The first kappa shape index (κ1) is 25.6. The van der Waals surface area contributed by atoms with Crippen LogP contribution in [0.3, 0.4) is 0 Å². The third-order valence-corrected chi connectivity index (χ3v) is 7.34. The van der Waals surface area contributed by atoms with Gasteiger partial charge in [-0.05, 0) is 66.5 Å². The van der Waals surface area contributed by atoms with Gasteiger partial charge < -0.3 is 10.2 Å². The SMILES string of the molecule is CCc1ccc(CCNC(=O)C2(Cc3ccccc3)CCN(C(=O)Cc3ccc(F)cc3)CC2)cc1.